The van der Waals surface area contributed by atoms with Crippen molar-refractivity contribution in [1.29, 1.82) is 0 Å². The quantitative estimate of drug-likeness (QED) is 0.812. The standard InChI is InChI=1S/C17H18BrNO3/c1-19(17(20)13-8-4-5-9-14(13)18)11-12-7-6-10-15(21-2)16(12)22-3/h4-10H,11H2,1-3H3. The lowest BCUT2D eigenvalue weighted by atomic mass is 10.1. The average molecular weight is 364 g/mol. The molecule has 116 valence electrons. The smallest absolute Gasteiger partial charge is 0.255 e. The molecule has 0 radical (unpaired) electrons. The van der Waals surface area contributed by atoms with Crippen molar-refractivity contribution >= 4 is 21.8 Å². The zero-order valence-electron chi connectivity index (χ0n) is 12.8. The largest absolute Gasteiger partial charge is 0.493 e. The normalized spacial score (nSPS) is 10.2. The number of methoxy groups -OCH3 is 2. The summed E-state index contributed by atoms with van der Waals surface area (Å²) in [6, 6.07) is 13.0. The molecule has 0 atom stereocenters. The van der Waals surface area contributed by atoms with Crippen molar-refractivity contribution in [2.75, 3.05) is 21.3 Å². The second kappa shape index (κ2) is 7.31. The highest BCUT2D eigenvalue weighted by Gasteiger charge is 2.17. The van der Waals surface area contributed by atoms with Crippen molar-refractivity contribution in [3.8, 4) is 11.5 Å². The molecule has 0 aliphatic carbocycles. The summed E-state index contributed by atoms with van der Waals surface area (Å²) in [5.41, 5.74) is 1.52. The molecule has 0 fully saturated rings. The molecule has 0 heterocycles. The fourth-order valence-corrected chi connectivity index (χ4v) is 2.70. The lowest BCUT2D eigenvalue weighted by Gasteiger charge is -2.20. The van der Waals surface area contributed by atoms with Gasteiger partial charge in [-0.25, -0.2) is 0 Å². The fraction of sp³-hybridized carbons (Fsp3) is 0.235. The number of halogens is 1. The van der Waals surface area contributed by atoms with Gasteiger partial charge in [-0.15, -0.1) is 0 Å². The molecule has 0 spiro atoms. The number of rotatable bonds is 5. The molecule has 0 saturated carbocycles. The van der Waals surface area contributed by atoms with Gasteiger partial charge in [-0.2, -0.15) is 0 Å². The van der Waals surface area contributed by atoms with Crippen LogP contribution in [0, 0.1) is 0 Å². The maximum atomic E-state index is 12.5. The van der Waals surface area contributed by atoms with Crippen LogP contribution in [0.2, 0.25) is 0 Å². The summed E-state index contributed by atoms with van der Waals surface area (Å²) < 4.78 is 11.5. The van der Waals surface area contributed by atoms with E-state index in [0.29, 0.717) is 23.6 Å². The van der Waals surface area contributed by atoms with Crippen LogP contribution in [-0.2, 0) is 6.54 Å². The molecule has 2 aromatic carbocycles. The Morgan fingerprint density at radius 2 is 1.82 bits per heavy atom. The molecule has 5 heteroatoms. The van der Waals surface area contributed by atoms with Crippen LogP contribution < -0.4 is 9.47 Å². The van der Waals surface area contributed by atoms with Crippen molar-refractivity contribution in [3.63, 3.8) is 0 Å². The second-order valence-corrected chi connectivity index (χ2v) is 5.65. The second-order valence-electron chi connectivity index (χ2n) is 4.79. The van der Waals surface area contributed by atoms with E-state index < -0.39 is 0 Å². The monoisotopic (exact) mass is 363 g/mol. The van der Waals surface area contributed by atoms with Crippen molar-refractivity contribution in [2.24, 2.45) is 0 Å². The molecule has 0 aliphatic rings. The maximum absolute atomic E-state index is 12.5. The van der Waals surface area contributed by atoms with Crippen LogP contribution in [0.3, 0.4) is 0 Å². The number of hydrogen-bond acceptors (Lipinski definition) is 3. The Kier molecular flexibility index (Phi) is 5.44. The molecule has 0 aromatic heterocycles. The van der Waals surface area contributed by atoms with Gasteiger partial charge in [0.1, 0.15) is 0 Å². The zero-order chi connectivity index (χ0) is 16.1. The van der Waals surface area contributed by atoms with Crippen LogP contribution in [0.1, 0.15) is 15.9 Å². The van der Waals surface area contributed by atoms with Crippen LogP contribution in [0.25, 0.3) is 0 Å². The van der Waals surface area contributed by atoms with E-state index in [2.05, 4.69) is 15.9 Å². The third-order valence-electron chi connectivity index (χ3n) is 3.34. The van der Waals surface area contributed by atoms with Crippen LogP contribution in [0.5, 0.6) is 11.5 Å². The molecule has 0 bridgehead atoms. The number of ether oxygens (including phenoxy) is 2. The number of amides is 1. The molecule has 1 amide bonds. The Hall–Kier alpha value is -2.01. The molecule has 2 aromatic rings. The predicted octanol–water partition coefficient (Wildman–Crippen LogP) is 3.74. The summed E-state index contributed by atoms with van der Waals surface area (Å²) in [5, 5.41) is 0. The highest BCUT2D eigenvalue weighted by atomic mass is 79.9. The van der Waals surface area contributed by atoms with Gasteiger partial charge in [0.25, 0.3) is 5.91 Å². The van der Waals surface area contributed by atoms with Gasteiger partial charge in [0, 0.05) is 23.6 Å². The Labute approximate surface area is 138 Å². The SMILES string of the molecule is COc1cccc(CN(C)C(=O)c2ccccc2Br)c1OC. The van der Waals surface area contributed by atoms with E-state index in [1.807, 2.05) is 36.4 Å². The van der Waals surface area contributed by atoms with Crippen LogP contribution in [0.15, 0.2) is 46.9 Å². The molecule has 2 rings (SSSR count). The fourth-order valence-electron chi connectivity index (χ4n) is 2.25. The summed E-state index contributed by atoms with van der Waals surface area (Å²) in [5.74, 6) is 1.25. The number of para-hydroxylation sites is 1. The Bertz CT molecular complexity index is 673. The molecule has 0 N–H and O–H groups in total. The maximum Gasteiger partial charge on any atom is 0.255 e. The van der Waals surface area contributed by atoms with Crippen molar-refractivity contribution in [2.45, 2.75) is 6.54 Å². The highest BCUT2D eigenvalue weighted by molar-refractivity contribution is 9.10. The number of benzene rings is 2. The van der Waals surface area contributed by atoms with Gasteiger partial charge in [-0.1, -0.05) is 24.3 Å². The molecule has 0 unspecified atom stereocenters. The third-order valence-corrected chi connectivity index (χ3v) is 4.03. The Morgan fingerprint density at radius 1 is 1.09 bits per heavy atom. The van der Waals surface area contributed by atoms with Gasteiger partial charge >= 0.3 is 0 Å². The zero-order valence-corrected chi connectivity index (χ0v) is 14.4. The number of nitrogens with zero attached hydrogens (tertiary/aromatic N) is 1. The van der Waals surface area contributed by atoms with Gasteiger partial charge in [-0.05, 0) is 34.1 Å². The van der Waals surface area contributed by atoms with Crippen LogP contribution >= 0.6 is 15.9 Å². The minimum atomic E-state index is -0.0580. The van der Waals surface area contributed by atoms with Crippen molar-refractivity contribution in [1.82, 2.24) is 4.90 Å². The third kappa shape index (κ3) is 3.42. The van der Waals surface area contributed by atoms with E-state index in [1.54, 1.807) is 32.2 Å². The minimum Gasteiger partial charge on any atom is -0.493 e. The van der Waals surface area contributed by atoms with Gasteiger partial charge in [0.2, 0.25) is 0 Å². The predicted molar refractivity (Wildman–Crippen MR) is 89.5 cm³/mol. The van der Waals surface area contributed by atoms with E-state index in [9.17, 15) is 4.79 Å². The van der Waals surface area contributed by atoms with E-state index >= 15 is 0 Å². The molecule has 0 aliphatic heterocycles. The molecular weight excluding hydrogens is 346 g/mol. The molecular formula is C17H18BrNO3. The van der Waals surface area contributed by atoms with Crippen molar-refractivity contribution in [3.05, 3.63) is 58.1 Å². The lowest BCUT2D eigenvalue weighted by Crippen LogP contribution is -2.26. The Morgan fingerprint density at radius 3 is 2.45 bits per heavy atom. The number of carbonyl (C=O) groups excluding carboxylic acids is 1. The van der Waals surface area contributed by atoms with Gasteiger partial charge in [-0.3, -0.25) is 4.79 Å². The first-order chi connectivity index (χ1) is 10.6. The van der Waals surface area contributed by atoms with Gasteiger partial charge in [0.05, 0.1) is 19.8 Å². The van der Waals surface area contributed by atoms with E-state index in [-0.39, 0.29) is 5.91 Å². The summed E-state index contributed by atoms with van der Waals surface area (Å²) in [6.07, 6.45) is 0. The first-order valence-electron chi connectivity index (χ1n) is 6.78. The van der Waals surface area contributed by atoms with Gasteiger partial charge < -0.3 is 14.4 Å². The lowest BCUT2D eigenvalue weighted by molar-refractivity contribution is 0.0783. The topological polar surface area (TPSA) is 38.8 Å². The molecule has 22 heavy (non-hydrogen) atoms. The Balaban J connectivity index is 2.24. The van der Waals surface area contributed by atoms with Gasteiger partial charge in [0.15, 0.2) is 11.5 Å². The summed E-state index contributed by atoms with van der Waals surface area (Å²) >= 11 is 3.41. The first-order valence-corrected chi connectivity index (χ1v) is 7.57. The summed E-state index contributed by atoms with van der Waals surface area (Å²) in [7, 11) is 4.95. The number of hydrogen-bond donors (Lipinski definition) is 0. The average Bonchev–Trinajstić information content (AvgIpc) is 2.54. The van der Waals surface area contributed by atoms with Crippen LogP contribution in [-0.4, -0.2) is 32.1 Å². The summed E-state index contributed by atoms with van der Waals surface area (Å²) in [6.45, 7) is 0.431. The first kappa shape index (κ1) is 16.4. The number of carbonyl (C=O) groups is 1. The van der Waals surface area contributed by atoms with E-state index in [1.165, 1.54) is 0 Å². The highest BCUT2D eigenvalue weighted by Crippen LogP contribution is 2.31. The van der Waals surface area contributed by atoms with E-state index in [4.69, 9.17) is 9.47 Å². The molecule has 0 saturated heterocycles. The minimum absolute atomic E-state index is 0.0580. The van der Waals surface area contributed by atoms with Crippen molar-refractivity contribution < 1.29 is 14.3 Å². The van der Waals surface area contributed by atoms with E-state index in [0.717, 1.165) is 10.0 Å². The van der Waals surface area contributed by atoms with Crippen LogP contribution in [0.4, 0.5) is 0 Å². The molecule has 4 nitrogen and oxygen atoms in total. The summed E-state index contributed by atoms with van der Waals surface area (Å²) in [4.78, 5) is 14.2.